The molecule has 0 bridgehead atoms. The van der Waals surface area contributed by atoms with Gasteiger partial charge in [0.05, 0.1) is 0 Å². The molecular weight excluding hydrogens is 268 g/mol. The first-order valence-electron chi connectivity index (χ1n) is 8.32. The van der Waals surface area contributed by atoms with Gasteiger partial charge in [-0.3, -0.25) is 0 Å². The predicted molar refractivity (Wildman–Crippen MR) is 81.2 cm³/mol. The van der Waals surface area contributed by atoms with Crippen molar-refractivity contribution in [1.82, 2.24) is 9.80 Å². The first-order chi connectivity index (χ1) is 10.0. The second-order valence-electron chi connectivity index (χ2n) is 6.60. The number of hydrogen-bond donors (Lipinski definition) is 1. The summed E-state index contributed by atoms with van der Waals surface area (Å²) in [6, 6.07) is 0.231. The van der Waals surface area contributed by atoms with Gasteiger partial charge in [0.15, 0.2) is 0 Å². The molecule has 21 heavy (non-hydrogen) atoms. The lowest BCUT2D eigenvalue weighted by atomic mass is 9.88. The molecule has 1 N–H and O–H groups in total. The molecule has 0 aliphatic carbocycles. The van der Waals surface area contributed by atoms with Crippen LogP contribution in [0.4, 0.5) is 4.79 Å². The first-order valence-corrected chi connectivity index (χ1v) is 8.32. The molecular formula is C16H28N2O3. The van der Waals surface area contributed by atoms with E-state index >= 15 is 0 Å². The molecule has 2 atom stereocenters. The fourth-order valence-corrected chi connectivity index (χ4v) is 3.69. The molecule has 2 saturated heterocycles. The second kappa shape index (κ2) is 6.67. The van der Waals surface area contributed by atoms with E-state index in [0.29, 0.717) is 13.0 Å². The van der Waals surface area contributed by atoms with Crippen LogP contribution in [0.5, 0.6) is 0 Å². The summed E-state index contributed by atoms with van der Waals surface area (Å²) in [5.41, 5.74) is -1.04. The summed E-state index contributed by atoms with van der Waals surface area (Å²) in [5, 5.41) is 9.57. The molecule has 0 aromatic carbocycles. The molecule has 2 heterocycles. The third kappa shape index (κ3) is 3.16. The summed E-state index contributed by atoms with van der Waals surface area (Å²) in [7, 11) is 0. The molecule has 2 amide bonds. The highest BCUT2D eigenvalue weighted by Crippen LogP contribution is 2.31. The maximum atomic E-state index is 12.9. The number of carboxylic acid groups (broad SMARTS) is 1. The van der Waals surface area contributed by atoms with E-state index < -0.39 is 11.5 Å². The number of urea groups is 1. The van der Waals surface area contributed by atoms with Crippen molar-refractivity contribution in [3.8, 4) is 0 Å². The fourth-order valence-electron chi connectivity index (χ4n) is 3.69. The van der Waals surface area contributed by atoms with Crippen LogP contribution in [0.1, 0.15) is 65.2 Å². The van der Waals surface area contributed by atoms with Gasteiger partial charge >= 0.3 is 12.0 Å². The molecule has 120 valence electrons. The zero-order valence-electron chi connectivity index (χ0n) is 13.3. The van der Waals surface area contributed by atoms with Gasteiger partial charge in [0, 0.05) is 19.1 Å². The smallest absolute Gasteiger partial charge is 0.329 e. The average molecular weight is 296 g/mol. The lowest BCUT2D eigenvalue weighted by Crippen LogP contribution is -2.62. The number of carbonyl (C=O) groups excluding carboxylic acids is 1. The zero-order chi connectivity index (χ0) is 15.5. The molecule has 2 rings (SSSR count). The molecule has 0 saturated carbocycles. The Bertz CT molecular complexity index is 397. The van der Waals surface area contributed by atoms with E-state index in [-0.39, 0.29) is 12.1 Å². The number of carbonyl (C=O) groups is 2. The van der Waals surface area contributed by atoms with Crippen molar-refractivity contribution in [3.05, 3.63) is 0 Å². The summed E-state index contributed by atoms with van der Waals surface area (Å²) in [4.78, 5) is 28.2. The second-order valence-corrected chi connectivity index (χ2v) is 6.60. The Balaban J connectivity index is 2.17. The molecule has 2 fully saturated rings. The highest BCUT2D eigenvalue weighted by molar-refractivity contribution is 5.86. The summed E-state index contributed by atoms with van der Waals surface area (Å²) in [6.07, 6.45) is 7.67. The minimum atomic E-state index is -1.04. The predicted octanol–water partition coefficient (Wildman–Crippen LogP) is 3.09. The van der Waals surface area contributed by atoms with Gasteiger partial charge < -0.3 is 14.9 Å². The van der Waals surface area contributed by atoms with E-state index in [2.05, 4.69) is 6.92 Å². The third-order valence-corrected chi connectivity index (χ3v) is 5.08. The van der Waals surface area contributed by atoms with Gasteiger partial charge in [-0.05, 0) is 51.9 Å². The maximum Gasteiger partial charge on any atom is 0.329 e. The molecule has 0 aromatic heterocycles. The van der Waals surface area contributed by atoms with Gasteiger partial charge in [-0.25, -0.2) is 9.59 Å². The summed E-state index contributed by atoms with van der Waals surface area (Å²) >= 11 is 0. The van der Waals surface area contributed by atoms with E-state index in [9.17, 15) is 14.7 Å². The van der Waals surface area contributed by atoms with Crippen LogP contribution in [-0.4, -0.2) is 51.6 Å². The summed E-state index contributed by atoms with van der Waals surface area (Å²) < 4.78 is 0. The van der Waals surface area contributed by atoms with Crippen LogP contribution in [0, 0.1) is 0 Å². The van der Waals surface area contributed by atoms with Crippen LogP contribution in [0.2, 0.25) is 0 Å². The minimum Gasteiger partial charge on any atom is -0.480 e. The number of piperidine rings is 2. The van der Waals surface area contributed by atoms with Crippen molar-refractivity contribution in [1.29, 1.82) is 0 Å². The van der Waals surface area contributed by atoms with Crippen LogP contribution >= 0.6 is 0 Å². The fraction of sp³-hybridized carbons (Fsp3) is 0.875. The molecule has 2 unspecified atom stereocenters. The van der Waals surface area contributed by atoms with E-state index in [1.165, 1.54) is 6.42 Å². The highest BCUT2D eigenvalue weighted by atomic mass is 16.4. The van der Waals surface area contributed by atoms with E-state index in [4.69, 9.17) is 0 Å². The molecule has 5 nitrogen and oxygen atoms in total. The molecule has 2 aliphatic rings. The SMILES string of the molecule is CCCC1CCCCN1C(=O)N1CCCCC1(C)C(=O)O. The van der Waals surface area contributed by atoms with Crippen LogP contribution in [0.25, 0.3) is 0 Å². The van der Waals surface area contributed by atoms with Gasteiger partial charge in [0.2, 0.25) is 0 Å². The van der Waals surface area contributed by atoms with Crippen molar-refractivity contribution in [2.24, 2.45) is 0 Å². The number of likely N-dealkylation sites (tertiary alicyclic amines) is 2. The summed E-state index contributed by atoms with van der Waals surface area (Å²) in [6.45, 7) is 5.18. The Morgan fingerprint density at radius 1 is 1.19 bits per heavy atom. The van der Waals surface area contributed by atoms with E-state index in [1.54, 1.807) is 11.8 Å². The number of aliphatic carboxylic acids is 1. The Labute approximate surface area is 127 Å². The average Bonchev–Trinajstić information content (AvgIpc) is 2.48. The topological polar surface area (TPSA) is 60.9 Å². The van der Waals surface area contributed by atoms with E-state index in [1.807, 2.05) is 4.90 Å². The lowest BCUT2D eigenvalue weighted by molar-refractivity contribution is -0.151. The van der Waals surface area contributed by atoms with Crippen molar-refractivity contribution < 1.29 is 14.7 Å². The largest absolute Gasteiger partial charge is 0.480 e. The van der Waals surface area contributed by atoms with Gasteiger partial charge in [-0.15, -0.1) is 0 Å². The van der Waals surface area contributed by atoms with Crippen LogP contribution < -0.4 is 0 Å². The van der Waals surface area contributed by atoms with Crippen LogP contribution in [-0.2, 0) is 4.79 Å². The van der Waals surface area contributed by atoms with Crippen LogP contribution in [0.3, 0.4) is 0 Å². The maximum absolute atomic E-state index is 12.9. The Morgan fingerprint density at radius 2 is 1.90 bits per heavy atom. The number of carboxylic acids is 1. The lowest BCUT2D eigenvalue weighted by Gasteiger charge is -2.46. The third-order valence-electron chi connectivity index (χ3n) is 5.08. The normalized spacial score (nSPS) is 30.3. The standard InChI is InChI=1S/C16H28N2O3/c1-3-8-13-9-4-6-11-17(13)15(21)18-12-7-5-10-16(18,2)14(19)20/h13H,3-12H2,1-2H3,(H,19,20). The number of rotatable bonds is 3. The van der Waals surface area contributed by atoms with Gasteiger partial charge in [0.1, 0.15) is 5.54 Å². The van der Waals surface area contributed by atoms with Gasteiger partial charge in [-0.2, -0.15) is 0 Å². The number of hydrogen-bond acceptors (Lipinski definition) is 2. The van der Waals surface area contributed by atoms with Crippen molar-refractivity contribution >= 4 is 12.0 Å². The molecule has 0 aromatic rings. The van der Waals surface area contributed by atoms with Crippen molar-refractivity contribution in [3.63, 3.8) is 0 Å². The minimum absolute atomic E-state index is 0.0576. The number of amides is 2. The number of nitrogens with zero attached hydrogens (tertiary/aromatic N) is 2. The van der Waals surface area contributed by atoms with Crippen molar-refractivity contribution in [2.45, 2.75) is 76.8 Å². The molecule has 0 radical (unpaired) electrons. The van der Waals surface area contributed by atoms with Gasteiger partial charge in [0.25, 0.3) is 0 Å². The molecule has 5 heteroatoms. The van der Waals surface area contributed by atoms with Crippen LogP contribution in [0.15, 0.2) is 0 Å². The van der Waals surface area contributed by atoms with Gasteiger partial charge in [-0.1, -0.05) is 13.3 Å². The van der Waals surface area contributed by atoms with Crippen molar-refractivity contribution in [2.75, 3.05) is 13.1 Å². The quantitative estimate of drug-likeness (QED) is 0.870. The Hall–Kier alpha value is -1.26. The highest BCUT2D eigenvalue weighted by Gasteiger charge is 2.46. The monoisotopic (exact) mass is 296 g/mol. The first kappa shape index (κ1) is 16.1. The summed E-state index contributed by atoms with van der Waals surface area (Å²) in [5.74, 6) is -0.875. The molecule has 2 aliphatic heterocycles. The zero-order valence-corrected chi connectivity index (χ0v) is 13.3. The molecule has 0 spiro atoms. The Kier molecular flexibility index (Phi) is 5.12. The van der Waals surface area contributed by atoms with E-state index in [0.717, 1.165) is 45.1 Å². The Morgan fingerprint density at radius 3 is 2.57 bits per heavy atom.